The highest BCUT2D eigenvalue weighted by Crippen LogP contribution is 2.25. The average molecular weight is 374 g/mol. The molecule has 0 spiro atoms. The summed E-state index contributed by atoms with van der Waals surface area (Å²) >= 11 is 0. The molecule has 2 aromatic carbocycles. The molecule has 140 valence electrons. The van der Waals surface area contributed by atoms with Gasteiger partial charge in [-0.25, -0.2) is 0 Å². The molecule has 0 unspecified atom stereocenters. The van der Waals surface area contributed by atoms with Crippen LogP contribution in [0, 0.1) is 0 Å². The van der Waals surface area contributed by atoms with Crippen LogP contribution in [0.25, 0.3) is 16.9 Å². The lowest BCUT2D eigenvalue weighted by Gasteiger charge is -2.10. The van der Waals surface area contributed by atoms with Crippen LogP contribution in [0.5, 0.6) is 11.5 Å². The fourth-order valence-electron chi connectivity index (χ4n) is 2.86. The Kier molecular flexibility index (Phi) is 4.41. The minimum atomic E-state index is -0.314. The molecule has 7 nitrogen and oxygen atoms in total. The minimum Gasteiger partial charge on any atom is -0.457 e. The highest BCUT2D eigenvalue weighted by molar-refractivity contribution is 5.99. The van der Waals surface area contributed by atoms with E-state index in [0.717, 1.165) is 11.3 Å². The lowest BCUT2D eigenvalue weighted by molar-refractivity contribution is 0.0829. The van der Waals surface area contributed by atoms with Crippen LogP contribution < -0.4 is 10.3 Å². The molecule has 28 heavy (non-hydrogen) atoms. The SMILES string of the molecule is CN(C)C(=O)c1cnn2c(=O)cc(-c3ccc(Oc4ccccc4)cc3)[nH]c12. The minimum absolute atomic E-state index is 0.227. The van der Waals surface area contributed by atoms with Crippen molar-refractivity contribution >= 4 is 11.6 Å². The molecule has 0 bridgehead atoms. The predicted octanol–water partition coefficient (Wildman–Crippen LogP) is 3.18. The van der Waals surface area contributed by atoms with Gasteiger partial charge in [-0.15, -0.1) is 0 Å². The van der Waals surface area contributed by atoms with Gasteiger partial charge >= 0.3 is 0 Å². The average Bonchev–Trinajstić information content (AvgIpc) is 3.13. The number of hydrogen-bond acceptors (Lipinski definition) is 4. The van der Waals surface area contributed by atoms with Crippen LogP contribution in [0.3, 0.4) is 0 Å². The summed E-state index contributed by atoms with van der Waals surface area (Å²) in [7, 11) is 3.30. The van der Waals surface area contributed by atoms with Gasteiger partial charge in [0.15, 0.2) is 5.65 Å². The van der Waals surface area contributed by atoms with Crippen LogP contribution in [-0.2, 0) is 0 Å². The maximum absolute atomic E-state index is 12.4. The maximum Gasteiger partial charge on any atom is 0.274 e. The molecule has 0 aliphatic rings. The second-order valence-corrected chi connectivity index (χ2v) is 6.48. The molecule has 4 rings (SSSR count). The number of ether oxygens (including phenoxy) is 1. The fourth-order valence-corrected chi connectivity index (χ4v) is 2.86. The first-order chi connectivity index (χ1) is 13.5. The van der Waals surface area contributed by atoms with Crippen molar-refractivity contribution in [1.82, 2.24) is 19.5 Å². The third-order valence-corrected chi connectivity index (χ3v) is 4.28. The van der Waals surface area contributed by atoms with Gasteiger partial charge in [-0.1, -0.05) is 18.2 Å². The molecule has 2 heterocycles. The lowest BCUT2D eigenvalue weighted by atomic mass is 10.1. The van der Waals surface area contributed by atoms with E-state index in [-0.39, 0.29) is 11.5 Å². The van der Waals surface area contributed by atoms with Crippen molar-refractivity contribution < 1.29 is 9.53 Å². The van der Waals surface area contributed by atoms with Crippen molar-refractivity contribution in [2.45, 2.75) is 0 Å². The number of aromatic amines is 1. The number of para-hydroxylation sites is 1. The van der Waals surface area contributed by atoms with Gasteiger partial charge in [0.2, 0.25) is 0 Å². The van der Waals surface area contributed by atoms with Gasteiger partial charge in [-0.2, -0.15) is 9.61 Å². The first-order valence-corrected chi connectivity index (χ1v) is 8.69. The zero-order valence-corrected chi connectivity index (χ0v) is 15.4. The van der Waals surface area contributed by atoms with Gasteiger partial charge < -0.3 is 14.6 Å². The Morgan fingerprint density at radius 2 is 1.71 bits per heavy atom. The van der Waals surface area contributed by atoms with E-state index in [2.05, 4.69) is 10.1 Å². The van der Waals surface area contributed by atoms with Crippen molar-refractivity contribution in [1.29, 1.82) is 0 Å². The quantitative estimate of drug-likeness (QED) is 0.595. The van der Waals surface area contributed by atoms with E-state index < -0.39 is 0 Å². The van der Waals surface area contributed by atoms with Gasteiger partial charge in [0.1, 0.15) is 17.1 Å². The zero-order valence-electron chi connectivity index (χ0n) is 15.4. The summed E-state index contributed by atoms with van der Waals surface area (Å²) in [6.45, 7) is 0. The van der Waals surface area contributed by atoms with Crippen LogP contribution in [-0.4, -0.2) is 39.5 Å². The smallest absolute Gasteiger partial charge is 0.274 e. The van der Waals surface area contributed by atoms with Crippen molar-refractivity contribution in [2.24, 2.45) is 0 Å². The number of amides is 1. The molecular weight excluding hydrogens is 356 g/mol. The predicted molar refractivity (Wildman–Crippen MR) is 106 cm³/mol. The van der Waals surface area contributed by atoms with Gasteiger partial charge in [0.05, 0.1) is 11.9 Å². The highest BCUT2D eigenvalue weighted by Gasteiger charge is 2.17. The Morgan fingerprint density at radius 3 is 2.39 bits per heavy atom. The number of nitrogens with zero attached hydrogens (tertiary/aromatic N) is 3. The van der Waals surface area contributed by atoms with Crippen LogP contribution >= 0.6 is 0 Å². The molecule has 7 heteroatoms. The third kappa shape index (κ3) is 3.25. The van der Waals surface area contributed by atoms with E-state index in [1.807, 2.05) is 54.6 Å². The number of nitrogens with one attached hydrogen (secondary N) is 1. The normalized spacial score (nSPS) is 10.8. The number of fused-ring (bicyclic) bond motifs is 1. The number of carbonyl (C=O) groups excluding carboxylic acids is 1. The maximum atomic E-state index is 12.4. The van der Waals surface area contributed by atoms with Crippen LogP contribution in [0.4, 0.5) is 0 Å². The van der Waals surface area contributed by atoms with Gasteiger partial charge in [0.25, 0.3) is 11.5 Å². The molecule has 0 radical (unpaired) electrons. The Hall–Kier alpha value is -3.87. The summed E-state index contributed by atoms with van der Waals surface area (Å²) < 4.78 is 6.98. The Bertz CT molecular complexity index is 1190. The molecule has 0 saturated heterocycles. The van der Waals surface area contributed by atoms with E-state index in [4.69, 9.17) is 4.74 Å². The van der Waals surface area contributed by atoms with Crippen LogP contribution in [0.1, 0.15) is 10.4 Å². The molecular formula is C21H18N4O3. The third-order valence-electron chi connectivity index (χ3n) is 4.28. The van der Waals surface area contributed by atoms with Gasteiger partial charge in [-0.3, -0.25) is 9.59 Å². The monoisotopic (exact) mass is 374 g/mol. The van der Waals surface area contributed by atoms with E-state index >= 15 is 0 Å². The van der Waals surface area contributed by atoms with Crippen LogP contribution in [0.15, 0.2) is 71.7 Å². The number of rotatable bonds is 4. The van der Waals surface area contributed by atoms with Crippen LogP contribution in [0.2, 0.25) is 0 Å². The fraction of sp³-hybridized carbons (Fsp3) is 0.0952. The van der Waals surface area contributed by atoms with E-state index in [1.165, 1.54) is 21.7 Å². The molecule has 0 aliphatic heterocycles. The summed E-state index contributed by atoms with van der Waals surface area (Å²) in [4.78, 5) is 29.3. The molecule has 0 saturated carbocycles. The largest absolute Gasteiger partial charge is 0.457 e. The first-order valence-electron chi connectivity index (χ1n) is 8.69. The van der Waals surface area contributed by atoms with Crippen molar-refractivity contribution in [3.05, 3.63) is 82.8 Å². The summed E-state index contributed by atoms with van der Waals surface area (Å²) in [5.41, 5.74) is 1.78. The molecule has 0 atom stereocenters. The second kappa shape index (κ2) is 7.03. The molecule has 4 aromatic rings. The number of carbonyl (C=O) groups is 1. The number of benzene rings is 2. The molecule has 0 fully saturated rings. The standard InChI is InChI=1S/C21H18N4O3/c1-24(2)21(27)17-13-22-25-19(26)12-18(23-20(17)25)14-8-10-16(11-9-14)28-15-6-4-3-5-7-15/h3-13,23H,1-2H3. The number of aromatic nitrogens is 3. The summed E-state index contributed by atoms with van der Waals surface area (Å²) in [6, 6.07) is 18.3. The van der Waals surface area contributed by atoms with Crippen molar-refractivity contribution in [3.8, 4) is 22.8 Å². The summed E-state index contributed by atoms with van der Waals surface area (Å²) in [6.07, 6.45) is 1.40. The van der Waals surface area contributed by atoms with Crippen molar-refractivity contribution in [3.63, 3.8) is 0 Å². The van der Waals surface area contributed by atoms with Crippen molar-refractivity contribution in [2.75, 3.05) is 14.1 Å². The molecule has 1 N–H and O–H groups in total. The van der Waals surface area contributed by atoms with Gasteiger partial charge in [0, 0.05) is 20.2 Å². The zero-order chi connectivity index (χ0) is 19.7. The summed E-state index contributed by atoms with van der Waals surface area (Å²) in [5, 5.41) is 4.02. The topological polar surface area (TPSA) is 79.7 Å². The highest BCUT2D eigenvalue weighted by atomic mass is 16.5. The van der Waals surface area contributed by atoms with E-state index in [1.54, 1.807) is 14.1 Å². The van der Waals surface area contributed by atoms with E-state index in [0.29, 0.717) is 22.7 Å². The Labute approximate surface area is 160 Å². The number of hydrogen-bond donors (Lipinski definition) is 1. The second-order valence-electron chi connectivity index (χ2n) is 6.48. The molecule has 2 aromatic heterocycles. The van der Waals surface area contributed by atoms with E-state index in [9.17, 15) is 9.59 Å². The Morgan fingerprint density at radius 1 is 1.04 bits per heavy atom. The molecule has 1 amide bonds. The lowest BCUT2D eigenvalue weighted by Crippen LogP contribution is -2.22. The summed E-state index contributed by atoms with van der Waals surface area (Å²) in [5.74, 6) is 1.21. The number of H-pyrrole nitrogens is 1. The first kappa shape index (κ1) is 17.5. The molecule has 0 aliphatic carbocycles. The Balaban J connectivity index is 1.70. The van der Waals surface area contributed by atoms with Gasteiger partial charge in [-0.05, 0) is 42.0 Å².